The molecule has 0 radical (unpaired) electrons. The third-order valence-corrected chi connectivity index (χ3v) is 2.79. The SMILES string of the molecule is O=C(Nc1ccccc1OC(F)F)c1cccc(O)c1[N+](=O)[O-]. The molecule has 0 aliphatic carbocycles. The number of anilines is 1. The first-order valence-electron chi connectivity index (χ1n) is 6.21. The van der Waals surface area contributed by atoms with Crippen LogP contribution in [0.15, 0.2) is 42.5 Å². The molecule has 0 atom stereocenters. The van der Waals surface area contributed by atoms with Gasteiger partial charge in [-0.2, -0.15) is 8.78 Å². The quantitative estimate of drug-likeness (QED) is 0.650. The summed E-state index contributed by atoms with van der Waals surface area (Å²) in [4.78, 5) is 22.2. The maximum absolute atomic E-state index is 12.3. The van der Waals surface area contributed by atoms with Gasteiger partial charge in [0.2, 0.25) is 0 Å². The van der Waals surface area contributed by atoms with Crippen LogP contribution in [0, 0.1) is 10.1 Å². The Labute approximate surface area is 128 Å². The highest BCUT2D eigenvalue weighted by Gasteiger charge is 2.25. The molecule has 2 rings (SSSR count). The van der Waals surface area contributed by atoms with Gasteiger partial charge in [-0.1, -0.05) is 18.2 Å². The zero-order valence-corrected chi connectivity index (χ0v) is 11.4. The van der Waals surface area contributed by atoms with E-state index in [0.29, 0.717) is 0 Å². The molecule has 9 heteroatoms. The van der Waals surface area contributed by atoms with Crippen molar-refractivity contribution in [2.75, 3.05) is 5.32 Å². The Morgan fingerprint density at radius 2 is 1.91 bits per heavy atom. The zero-order chi connectivity index (χ0) is 17.0. The van der Waals surface area contributed by atoms with Crippen molar-refractivity contribution in [1.82, 2.24) is 0 Å². The van der Waals surface area contributed by atoms with Crippen molar-refractivity contribution in [3.63, 3.8) is 0 Å². The molecule has 1 amide bonds. The zero-order valence-electron chi connectivity index (χ0n) is 11.4. The number of phenolic OH excluding ortho intramolecular Hbond substituents is 1. The van der Waals surface area contributed by atoms with Crippen LogP contribution in [0.1, 0.15) is 10.4 Å². The van der Waals surface area contributed by atoms with Crippen molar-refractivity contribution in [3.05, 3.63) is 58.1 Å². The van der Waals surface area contributed by atoms with E-state index in [2.05, 4.69) is 10.1 Å². The van der Waals surface area contributed by atoms with E-state index in [0.717, 1.165) is 12.1 Å². The van der Waals surface area contributed by atoms with Gasteiger partial charge in [-0.15, -0.1) is 0 Å². The lowest BCUT2D eigenvalue weighted by Gasteiger charge is -2.11. The molecule has 7 nitrogen and oxygen atoms in total. The van der Waals surface area contributed by atoms with Gasteiger partial charge in [0.1, 0.15) is 11.3 Å². The van der Waals surface area contributed by atoms with Crippen LogP contribution in [0.5, 0.6) is 11.5 Å². The monoisotopic (exact) mass is 324 g/mol. The average molecular weight is 324 g/mol. The number of rotatable bonds is 5. The predicted molar refractivity (Wildman–Crippen MR) is 75.8 cm³/mol. The molecule has 0 aromatic heterocycles. The number of phenols is 1. The van der Waals surface area contributed by atoms with Crippen LogP contribution in [-0.4, -0.2) is 22.5 Å². The van der Waals surface area contributed by atoms with Crippen LogP contribution in [0.25, 0.3) is 0 Å². The molecular formula is C14H10F2N2O5. The molecule has 0 heterocycles. The number of alkyl halides is 2. The van der Waals surface area contributed by atoms with E-state index in [-0.39, 0.29) is 11.4 Å². The summed E-state index contributed by atoms with van der Waals surface area (Å²) in [6, 6.07) is 8.82. The van der Waals surface area contributed by atoms with Crippen molar-refractivity contribution in [2.45, 2.75) is 6.61 Å². The molecule has 2 N–H and O–H groups in total. The Morgan fingerprint density at radius 1 is 1.22 bits per heavy atom. The minimum Gasteiger partial charge on any atom is -0.502 e. The van der Waals surface area contributed by atoms with Gasteiger partial charge in [-0.05, 0) is 24.3 Å². The normalized spacial score (nSPS) is 10.4. The molecule has 0 aliphatic heterocycles. The molecular weight excluding hydrogens is 314 g/mol. The van der Waals surface area contributed by atoms with Crippen molar-refractivity contribution < 1.29 is 28.3 Å². The number of para-hydroxylation sites is 3. The van der Waals surface area contributed by atoms with Crippen molar-refractivity contribution in [1.29, 1.82) is 0 Å². The lowest BCUT2D eigenvalue weighted by atomic mass is 10.1. The minimum absolute atomic E-state index is 0.0876. The number of ether oxygens (including phenoxy) is 1. The smallest absolute Gasteiger partial charge is 0.387 e. The number of nitro groups is 1. The topological polar surface area (TPSA) is 102 Å². The van der Waals surface area contributed by atoms with Gasteiger partial charge in [-0.3, -0.25) is 14.9 Å². The Kier molecular flexibility index (Phi) is 4.69. The molecule has 0 unspecified atom stereocenters. The van der Waals surface area contributed by atoms with Crippen molar-refractivity contribution in [3.8, 4) is 11.5 Å². The van der Waals surface area contributed by atoms with Gasteiger partial charge >= 0.3 is 12.3 Å². The molecule has 2 aromatic carbocycles. The summed E-state index contributed by atoms with van der Waals surface area (Å²) in [5.74, 6) is -1.92. The van der Waals surface area contributed by atoms with Crippen LogP contribution in [0.2, 0.25) is 0 Å². The Hall–Kier alpha value is -3.23. The summed E-state index contributed by atoms with van der Waals surface area (Å²) in [6.45, 7) is -3.09. The lowest BCUT2D eigenvalue weighted by molar-refractivity contribution is -0.386. The Balaban J connectivity index is 2.34. The number of carbonyl (C=O) groups is 1. The summed E-state index contributed by atoms with van der Waals surface area (Å²) >= 11 is 0. The fourth-order valence-electron chi connectivity index (χ4n) is 1.86. The molecule has 0 aliphatic rings. The molecule has 0 saturated carbocycles. The standard InChI is InChI=1S/C14H10F2N2O5/c15-14(16)23-11-7-2-1-5-9(11)17-13(20)8-4-3-6-10(19)12(8)18(21)22/h1-7,14,19H,(H,17,20). The van der Waals surface area contributed by atoms with E-state index in [9.17, 15) is 28.8 Å². The molecule has 120 valence electrons. The van der Waals surface area contributed by atoms with Crippen LogP contribution in [0.3, 0.4) is 0 Å². The highest BCUT2D eigenvalue weighted by atomic mass is 19.3. The van der Waals surface area contributed by atoms with Gasteiger partial charge in [0.25, 0.3) is 5.91 Å². The first kappa shape index (κ1) is 16.1. The molecule has 23 heavy (non-hydrogen) atoms. The third kappa shape index (κ3) is 3.70. The first-order valence-corrected chi connectivity index (χ1v) is 6.21. The number of amides is 1. The van der Waals surface area contributed by atoms with Gasteiger partial charge in [0.05, 0.1) is 10.6 Å². The Bertz CT molecular complexity index is 752. The molecule has 0 fully saturated rings. The van der Waals surface area contributed by atoms with Gasteiger partial charge in [0, 0.05) is 0 Å². The summed E-state index contributed by atoms with van der Waals surface area (Å²) in [5, 5.41) is 22.7. The average Bonchev–Trinajstić information content (AvgIpc) is 2.48. The second-order valence-corrected chi connectivity index (χ2v) is 4.26. The maximum atomic E-state index is 12.3. The van der Waals surface area contributed by atoms with Gasteiger partial charge in [0.15, 0.2) is 5.75 Å². The highest BCUT2D eigenvalue weighted by Crippen LogP contribution is 2.31. The summed E-state index contributed by atoms with van der Waals surface area (Å²) < 4.78 is 28.9. The van der Waals surface area contributed by atoms with E-state index in [1.165, 1.54) is 30.3 Å². The number of halogens is 2. The number of carbonyl (C=O) groups excluding carboxylic acids is 1. The molecule has 2 aromatic rings. The minimum atomic E-state index is -3.09. The van der Waals surface area contributed by atoms with E-state index >= 15 is 0 Å². The fraction of sp³-hybridized carbons (Fsp3) is 0.0714. The summed E-state index contributed by atoms with van der Waals surface area (Å²) in [5.41, 5.74) is -1.28. The van der Waals surface area contributed by atoms with Crippen molar-refractivity contribution in [2.24, 2.45) is 0 Å². The third-order valence-electron chi connectivity index (χ3n) is 2.79. The number of nitro benzene ring substituents is 1. The van der Waals surface area contributed by atoms with E-state index in [4.69, 9.17) is 0 Å². The number of hydrogen-bond acceptors (Lipinski definition) is 5. The number of aromatic hydroxyl groups is 1. The lowest BCUT2D eigenvalue weighted by Crippen LogP contribution is -2.15. The second-order valence-electron chi connectivity index (χ2n) is 4.26. The predicted octanol–water partition coefficient (Wildman–Crippen LogP) is 3.15. The van der Waals surface area contributed by atoms with Crippen molar-refractivity contribution >= 4 is 17.3 Å². The Morgan fingerprint density at radius 3 is 2.57 bits per heavy atom. The van der Waals surface area contributed by atoms with Gasteiger partial charge < -0.3 is 15.2 Å². The summed E-state index contributed by atoms with van der Waals surface area (Å²) in [6.07, 6.45) is 0. The second kappa shape index (κ2) is 6.69. The number of nitrogens with zero attached hydrogens (tertiary/aromatic N) is 1. The van der Waals surface area contributed by atoms with Crippen LogP contribution < -0.4 is 10.1 Å². The number of nitrogens with one attached hydrogen (secondary N) is 1. The number of hydrogen-bond donors (Lipinski definition) is 2. The van der Waals surface area contributed by atoms with E-state index in [1.807, 2.05) is 0 Å². The van der Waals surface area contributed by atoms with E-state index < -0.39 is 34.4 Å². The molecule has 0 spiro atoms. The van der Waals surface area contributed by atoms with Crippen LogP contribution >= 0.6 is 0 Å². The van der Waals surface area contributed by atoms with Crippen LogP contribution in [-0.2, 0) is 0 Å². The molecule has 0 bridgehead atoms. The van der Waals surface area contributed by atoms with E-state index in [1.54, 1.807) is 0 Å². The van der Waals surface area contributed by atoms with Gasteiger partial charge in [-0.25, -0.2) is 0 Å². The van der Waals surface area contributed by atoms with Crippen LogP contribution in [0.4, 0.5) is 20.2 Å². The highest BCUT2D eigenvalue weighted by molar-refractivity contribution is 6.08. The number of benzene rings is 2. The summed E-state index contributed by atoms with van der Waals surface area (Å²) in [7, 11) is 0. The first-order chi connectivity index (χ1) is 10.9. The largest absolute Gasteiger partial charge is 0.502 e. The fourth-order valence-corrected chi connectivity index (χ4v) is 1.86. The maximum Gasteiger partial charge on any atom is 0.387 e. The molecule has 0 saturated heterocycles.